The van der Waals surface area contributed by atoms with E-state index in [0.29, 0.717) is 37.6 Å². The number of pyridine rings is 2. The maximum atomic E-state index is 13.0. The zero-order chi connectivity index (χ0) is 23.9. The predicted octanol–water partition coefficient (Wildman–Crippen LogP) is 2.48. The topological polar surface area (TPSA) is 90.0 Å². The number of hydrogen-bond acceptors (Lipinski definition) is 6. The summed E-state index contributed by atoms with van der Waals surface area (Å²) in [6.07, 6.45) is 3.36. The van der Waals surface area contributed by atoms with Gasteiger partial charge in [-0.05, 0) is 43.0 Å². The van der Waals surface area contributed by atoms with Gasteiger partial charge in [0, 0.05) is 45.6 Å². The first-order chi connectivity index (χ1) is 15.7. The highest BCUT2D eigenvalue weighted by Gasteiger charge is 2.46. The van der Waals surface area contributed by atoms with Crippen molar-refractivity contribution in [2.45, 2.75) is 33.7 Å². The third-order valence-corrected chi connectivity index (χ3v) is 6.28. The minimum atomic E-state index is -0.594. The Bertz CT molecular complexity index is 1080. The lowest BCUT2D eigenvalue weighted by atomic mass is 10.0. The number of rotatable bonds is 4. The molecule has 9 heteroatoms. The quantitative estimate of drug-likeness (QED) is 0.665. The van der Waals surface area contributed by atoms with E-state index in [1.54, 1.807) is 12.1 Å². The molecule has 0 spiro atoms. The number of aryl methyl sites for hydroxylation is 2. The van der Waals surface area contributed by atoms with Gasteiger partial charge < -0.3 is 9.80 Å². The van der Waals surface area contributed by atoms with Crippen LogP contribution in [0.5, 0.6) is 0 Å². The zero-order valence-electron chi connectivity index (χ0n) is 19.8. The van der Waals surface area contributed by atoms with Crippen LogP contribution in [0.4, 0.5) is 16.4 Å². The van der Waals surface area contributed by atoms with Gasteiger partial charge in [0.1, 0.15) is 17.7 Å². The molecule has 0 bridgehead atoms. The number of aromatic nitrogens is 2. The fraction of sp³-hybridized carbons (Fsp3) is 0.458. The number of nitrogens with zero attached hydrogens (tertiary/aromatic N) is 6. The monoisotopic (exact) mass is 450 g/mol. The lowest BCUT2D eigenvalue weighted by Crippen LogP contribution is -2.49. The second-order valence-electron chi connectivity index (χ2n) is 9.08. The van der Waals surface area contributed by atoms with Gasteiger partial charge in [0.2, 0.25) is 0 Å². The second-order valence-corrected chi connectivity index (χ2v) is 9.08. The molecule has 1 atom stereocenters. The Labute approximate surface area is 194 Å². The van der Waals surface area contributed by atoms with Crippen molar-refractivity contribution in [3.8, 4) is 0 Å². The smallest absolute Gasteiger partial charge is 0.332 e. The molecule has 2 aromatic heterocycles. The van der Waals surface area contributed by atoms with E-state index in [2.05, 4.69) is 27.9 Å². The molecule has 174 valence electrons. The molecular weight excluding hydrogens is 420 g/mol. The number of hydrogen-bond donors (Lipinski definition) is 0. The molecule has 4 rings (SSSR count). The molecule has 2 aliphatic rings. The fourth-order valence-corrected chi connectivity index (χ4v) is 4.51. The van der Waals surface area contributed by atoms with Gasteiger partial charge in [0.15, 0.2) is 0 Å². The molecule has 4 heterocycles. The number of urea groups is 1. The summed E-state index contributed by atoms with van der Waals surface area (Å²) in [4.78, 5) is 53.6. The van der Waals surface area contributed by atoms with E-state index >= 15 is 0 Å². The first-order valence-electron chi connectivity index (χ1n) is 11.2. The molecule has 2 fully saturated rings. The third-order valence-electron chi connectivity index (χ3n) is 6.28. The fourth-order valence-electron chi connectivity index (χ4n) is 4.51. The zero-order valence-corrected chi connectivity index (χ0v) is 19.8. The summed E-state index contributed by atoms with van der Waals surface area (Å²) in [6.45, 7) is 10.5. The average molecular weight is 451 g/mol. The summed E-state index contributed by atoms with van der Waals surface area (Å²) in [5, 5.41) is 0. The maximum absolute atomic E-state index is 13.0. The van der Waals surface area contributed by atoms with Gasteiger partial charge in [-0.3, -0.25) is 19.4 Å². The lowest BCUT2D eigenvalue weighted by molar-refractivity contribution is -0.127. The largest absolute Gasteiger partial charge is 0.353 e. The van der Waals surface area contributed by atoms with Crippen LogP contribution >= 0.6 is 0 Å². The van der Waals surface area contributed by atoms with E-state index in [1.165, 1.54) is 18.1 Å². The molecule has 2 saturated heterocycles. The van der Waals surface area contributed by atoms with Gasteiger partial charge in [0.25, 0.3) is 11.8 Å². The number of amides is 4. The standard InChI is InChI=1S/C24H30N6O3/c1-15(2)20-23(32)27(5)24(33)30(20)19-7-6-18(14-25-19)22(31)29-10-8-28(9-11-29)21-17(4)12-16(3)13-26-21/h6-7,12-15,20H,8-11H2,1-5H3. The summed E-state index contributed by atoms with van der Waals surface area (Å²) in [6, 6.07) is 4.44. The van der Waals surface area contributed by atoms with Crippen LogP contribution in [-0.4, -0.2) is 76.9 Å². The van der Waals surface area contributed by atoms with Crippen molar-refractivity contribution in [1.82, 2.24) is 19.8 Å². The molecule has 0 saturated carbocycles. The molecule has 0 aromatic carbocycles. The first kappa shape index (κ1) is 22.7. The van der Waals surface area contributed by atoms with Crippen molar-refractivity contribution in [3.05, 3.63) is 47.3 Å². The van der Waals surface area contributed by atoms with E-state index in [0.717, 1.165) is 21.8 Å². The highest BCUT2D eigenvalue weighted by atomic mass is 16.2. The number of imide groups is 1. The molecule has 2 aliphatic heterocycles. The van der Waals surface area contributed by atoms with Crippen molar-refractivity contribution in [1.29, 1.82) is 0 Å². The van der Waals surface area contributed by atoms with Crippen molar-refractivity contribution in [3.63, 3.8) is 0 Å². The molecular formula is C24H30N6O3. The van der Waals surface area contributed by atoms with Crippen LogP contribution in [0.3, 0.4) is 0 Å². The van der Waals surface area contributed by atoms with E-state index in [9.17, 15) is 14.4 Å². The number of likely N-dealkylation sites (N-methyl/N-ethyl adjacent to an activating group) is 1. The second kappa shape index (κ2) is 8.80. The van der Waals surface area contributed by atoms with Crippen LogP contribution in [0.1, 0.15) is 35.3 Å². The Morgan fingerprint density at radius 2 is 1.73 bits per heavy atom. The SMILES string of the molecule is Cc1cnc(N2CCN(C(=O)c3ccc(N4C(=O)N(C)C(=O)C4C(C)C)nc3)CC2)c(C)c1. The van der Waals surface area contributed by atoms with E-state index < -0.39 is 12.1 Å². The van der Waals surface area contributed by atoms with Crippen LogP contribution < -0.4 is 9.80 Å². The Hall–Kier alpha value is -3.49. The Kier molecular flexibility index (Phi) is 6.05. The minimum absolute atomic E-state index is 0.0579. The Balaban J connectivity index is 1.44. The van der Waals surface area contributed by atoms with Gasteiger partial charge in [-0.25, -0.2) is 14.8 Å². The summed E-state index contributed by atoms with van der Waals surface area (Å²) in [5.41, 5.74) is 2.73. The van der Waals surface area contributed by atoms with Gasteiger partial charge in [-0.2, -0.15) is 0 Å². The van der Waals surface area contributed by atoms with E-state index in [1.807, 2.05) is 31.9 Å². The number of carbonyl (C=O) groups excluding carboxylic acids is 3. The number of carbonyl (C=O) groups is 3. The molecule has 33 heavy (non-hydrogen) atoms. The van der Waals surface area contributed by atoms with Crippen LogP contribution in [0.15, 0.2) is 30.6 Å². The third kappa shape index (κ3) is 4.15. The maximum Gasteiger partial charge on any atom is 0.332 e. The highest BCUT2D eigenvalue weighted by molar-refractivity contribution is 6.13. The molecule has 1 unspecified atom stereocenters. The van der Waals surface area contributed by atoms with Crippen LogP contribution in [0.25, 0.3) is 0 Å². The van der Waals surface area contributed by atoms with Crippen molar-refractivity contribution in [2.24, 2.45) is 5.92 Å². The van der Waals surface area contributed by atoms with Crippen LogP contribution in [-0.2, 0) is 4.79 Å². The molecule has 0 aliphatic carbocycles. The molecule has 0 radical (unpaired) electrons. The van der Waals surface area contributed by atoms with Gasteiger partial charge in [-0.15, -0.1) is 0 Å². The normalized spacial score (nSPS) is 19.2. The lowest BCUT2D eigenvalue weighted by Gasteiger charge is -2.36. The van der Waals surface area contributed by atoms with Crippen molar-refractivity contribution >= 4 is 29.5 Å². The predicted molar refractivity (Wildman–Crippen MR) is 125 cm³/mol. The number of anilines is 2. The summed E-state index contributed by atoms with van der Waals surface area (Å²) >= 11 is 0. The Morgan fingerprint density at radius 1 is 1.03 bits per heavy atom. The molecule has 2 aromatic rings. The van der Waals surface area contributed by atoms with Gasteiger partial charge in [-0.1, -0.05) is 19.9 Å². The molecule has 9 nitrogen and oxygen atoms in total. The van der Waals surface area contributed by atoms with Gasteiger partial charge in [0.05, 0.1) is 5.56 Å². The number of piperazine rings is 1. The van der Waals surface area contributed by atoms with E-state index in [-0.39, 0.29) is 17.7 Å². The first-order valence-corrected chi connectivity index (χ1v) is 11.2. The van der Waals surface area contributed by atoms with E-state index in [4.69, 9.17) is 0 Å². The summed E-state index contributed by atoms with van der Waals surface area (Å²) in [7, 11) is 1.48. The Morgan fingerprint density at radius 3 is 2.30 bits per heavy atom. The summed E-state index contributed by atoms with van der Waals surface area (Å²) in [5.74, 6) is 0.945. The van der Waals surface area contributed by atoms with Crippen molar-refractivity contribution < 1.29 is 14.4 Å². The summed E-state index contributed by atoms with van der Waals surface area (Å²) < 4.78 is 0. The highest BCUT2D eigenvalue weighted by Crippen LogP contribution is 2.28. The minimum Gasteiger partial charge on any atom is -0.353 e. The van der Waals surface area contributed by atoms with Crippen LogP contribution in [0, 0.1) is 19.8 Å². The van der Waals surface area contributed by atoms with Crippen LogP contribution in [0.2, 0.25) is 0 Å². The van der Waals surface area contributed by atoms with Crippen molar-refractivity contribution in [2.75, 3.05) is 43.0 Å². The molecule has 0 N–H and O–H groups in total. The average Bonchev–Trinajstić information content (AvgIpc) is 3.03. The van der Waals surface area contributed by atoms with Gasteiger partial charge >= 0.3 is 6.03 Å². The molecule has 4 amide bonds.